The first-order valence-electron chi connectivity index (χ1n) is 4.43. The highest BCUT2D eigenvalue weighted by Gasteiger charge is 1.85. The summed E-state index contributed by atoms with van der Waals surface area (Å²) in [7, 11) is 0. The van der Waals surface area contributed by atoms with Crippen LogP contribution in [0.15, 0.2) is 37.4 Å². The quantitative estimate of drug-likeness (QED) is 0.622. The molecule has 0 aliphatic rings. The van der Waals surface area contributed by atoms with Crippen LogP contribution in [0.2, 0.25) is 0 Å². The fourth-order valence-electron chi connectivity index (χ4n) is 1.30. The van der Waals surface area contributed by atoms with E-state index in [-0.39, 0.29) is 0 Å². The lowest BCUT2D eigenvalue weighted by Gasteiger charge is -1.91. The fraction of sp³-hybridized carbons (Fsp3) is 0. The van der Waals surface area contributed by atoms with Crippen molar-refractivity contribution in [3.63, 3.8) is 0 Å². The van der Waals surface area contributed by atoms with E-state index < -0.39 is 0 Å². The molecule has 0 spiro atoms. The van der Waals surface area contributed by atoms with E-state index in [1.165, 1.54) is 0 Å². The minimum absolute atomic E-state index is 0.945. The normalized spacial score (nSPS) is 12.9. The summed E-state index contributed by atoms with van der Waals surface area (Å²) >= 11 is 0. The maximum Gasteiger partial charge on any atom is -0.0183 e. The van der Waals surface area contributed by atoms with Gasteiger partial charge in [-0.1, -0.05) is 62.8 Å². The molecule has 0 aliphatic carbocycles. The third kappa shape index (κ3) is 1.91. The third-order valence-electron chi connectivity index (χ3n) is 2.10. The van der Waals surface area contributed by atoms with Crippen molar-refractivity contribution in [1.82, 2.24) is 0 Å². The molecule has 0 aromatic heterocycles. The van der Waals surface area contributed by atoms with Crippen LogP contribution >= 0.6 is 0 Å². The first-order valence-corrected chi connectivity index (χ1v) is 4.43. The van der Waals surface area contributed by atoms with Gasteiger partial charge in [-0.05, 0) is 20.9 Å². The minimum atomic E-state index is 0.945. The zero-order valence-electron chi connectivity index (χ0n) is 8.29. The van der Waals surface area contributed by atoms with Gasteiger partial charge in [-0.25, -0.2) is 0 Å². The number of rotatable bonds is 2. The van der Waals surface area contributed by atoms with Crippen molar-refractivity contribution in [3.8, 4) is 0 Å². The molecule has 0 unspecified atom stereocenters. The Balaban J connectivity index is 3.76. The predicted octanol–water partition coefficient (Wildman–Crippen LogP) is 0.440. The van der Waals surface area contributed by atoms with Crippen molar-refractivity contribution < 1.29 is 0 Å². The van der Waals surface area contributed by atoms with Crippen molar-refractivity contribution in [2.24, 2.45) is 0 Å². The molecular formula is C14H14. The first-order chi connectivity index (χ1) is 6.70. The largest absolute Gasteiger partial charge is 0.0990 e. The Labute approximate surface area is 84.2 Å². The number of hydrogen-bond acceptors (Lipinski definition) is 0. The van der Waals surface area contributed by atoms with Gasteiger partial charge in [0.05, 0.1) is 0 Å². The first kappa shape index (κ1) is 10.3. The Morgan fingerprint density at radius 2 is 1.14 bits per heavy atom. The Bertz CT molecular complexity index is 506. The molecule has 70 valence electrons. The number of allylic oxidation sites excluding steroid dienone is 2. The lowest BCUT2D eigenvalue weighted by molar-refractivity contribution is 1.42. The van der Waals surface area contributed by atoms with Crippen molar-refractivity contribution in [2.75, 3.05) is 0 Å². The molecule has 0 aliphatic heterocycles. The van der Waals surface area contributed by atoms with Crippen molar-refractivity contribution >= 4 is 25.3 Å². The van der Waals surface area contributed by atoms with Gasteiger partial charge in [-0.2, -0.15) is 0 Å². The summed E-state index contributed by atoms with van der Waals surface area (Å²) in [6.07, 6.45) is 7.35. The van der Waals surface area contributed by atoms with Crippen LogP contribution in [0.1, 0.15) is 0 Å². The molecule has 1 aromatic rings. The van der Waals surface area contributed by atoms with Gasteiger partial charge in [-0.15, -0.1) is 0 Å². The number of benzene rings is 1. The molecule has 0 radical (unpaired) electrons. The van der Waals surface area contributed by atoms with Crippen LogP contribution in [0.3, 0.4) is 0 Å². The van der Waals surface area contributed by atoms with Gasteiger partial charge in [0, 0.05) is 0 Å². The van der Waals surface area contributed by atoms with Crippen LogP contribution in [0.5, 0.6) is 0 Å². The van der Waals surface area contributed by atoms with E-state index in [0.717, 1.165) is 20.9 Å². The van der Waals surface area contributed by atoms with Crippen molar-refractivity contribution in [1.29, 1.82) is 0 Å². The lowest BCUT2D eigenvalue weighted by atomic mass is 10.1. The van der Waals surface area contributed by atoms with Gasteiger partial charge in [0.15, 0.2) is 0 Å². The van der Waals surface area contributed by atoms with Gasteiger partial charge >= 0.3 is 0 Å². The standard InChI is InChI=1S/C14H14/c1-5-7-13-9-10-14(8-6-2)12(4)11(13)3/h5-10H,1-4H2/b13-7-,14-8-. The van der Waals surface area contributed by atoms with Crippen LogP contribution in [0.4, 0.5) is 0 Å². The summed E-state index contributed by atoms with van der Waals surface area (Å²) in [5.74, 6) is 0. The maximum absolute atomic E-state index is 3.99. The smallest absolute Gasteiger partial charge is 0.0183 e. The van der Waals surface area contributed by atoms with Gasteiger partial charge in [0.1, 0.15) is 0 Å². The highest BCUT2D eigenvalue weighted by atomic mass is 13.9. The zero-order chi connectivity index (χ0) is 10.6. The van der Waals surface area contributed by atoms with E-state index >= 15 is 0 Å². The minimum Gasteiger partial charge on any atom is -0.0990 e. The summed E-state index contributed by atoms with van der Waals surface area (Å²) in [6.45, 7) is 15.3. The second kappa shape index (κ2) is 4.43. The van der Waals surface area contributed by atoms with E-state index in [4.69, 9.17) is 0 Å². The average Bonchev–Trinajstić information content (AvgIpc) is 2.18. The van der Waals surface area contributed by atoms with Crippen LogP contribution in [-0.2, 0) is 0 Å². The van der Waals surface area contributed by atoms with E-state index in [9.17, 15) is 0 Å². The summed E-state index contributed by atoms with van der Waals surface area (Å²) in [4.78, 5) is 0. The topological polar surface area (TPSA) is 0 Å². The predicted molar refractivity (Wildman–Crippen MR) is 65.3 cm³/mol. The molecule has 0 saturated carbocycles. The average molecular weight is 182 g/mol. The molecule has 0 saturated heterocycles. The molecule has 14 heavy (non-hydrogen) atoms. The molecule has 0 heterocycles. The van der Waals surface area contributed by atoms with Crippen LogP contribution in [-0.4, -0.2) is 0 Å². The summed E-state index contributed by atoms with van der Waals surface area (Å²) in [5.41, 5.74) is 0. The molecule has 0 nitrogen and oxygen atoms in total. The van der Waals surface area contributed by atoms with Crippen LogP contribution < -0.4 is 20.9 Å². The molecule has 1 aromatic carbocycles. The molecule has 1 rings (SSSR count). The molecular weight excluding hydrogens is 168 g/mol. The maximum atomic E-state index is 3.99. The van der Waals surface area contributed by atoms with E-state index in [1.807, 2.05) is 24.3 Å². The molecule has 0 bridgehead atoms. The highest BCUT2D eigenvalue weighted by Crippen LogP contribution is 1.66. The molecule has 0 atom stereocenters. The lowest BCUT2D eigenvalue weighted by Crippen LogP contribution is -2.45. The highest BCUT2D eigenvalue weighted by molar-refractivity contribution is 5.41. The Morgan fingerprint density at radius 1 is 0.786 bits per heavy atom. The van der Waals surface area contributed by atoms with Gasteiger partial charge in [0.2, 0.25) is 0 Å². The molecule has 0 heteroatoms. The van der Waals surface area contributed by atoms with Gasteiger partial charge in [-0.3, -0.25) is 0 Å². The van der Waals surface area contributed by atoms with Gasteiger partial charge < -0.3 is 0 Å². The molecule has 0 amide bonds. The van der Waals surface area contributed by atoms with E-state index in [2.05, 4.69) is 26.3 Å². The van der Waals surface area contributed by atoms with Crippen LogP contribution in [0, 0.1) is 0 Å². The van der Waals surface area contributed by atoms with E-state index in [1.54, 1.807) is 12.2 Å². The molecule has 0 N–H and O–H groups in total. The summed E-state index contributed by atoms with van der Waals surface area (Å²) < 4.78 is 0. The molecule has 0 fully saturated rings. The summed E-state index contributed by atoms with van der Waals surface area (Å²) in [5, 5.41) is 4.01. The third-order valence-corrected chi connectivity index (χ3v) is 2.10. The SMILES string of the molecule is C=C/C=c1/cc/c(=C/C=C)c(=C)c1=C. The number of hydrogen-bond donors (Lipinski definition) is 0. The van der Waals surface area contributed by atoms with Crippen molar-refractivity contribution in [2.45, 2.75) is 0 Å². The fourth-order valence-corrected chi connectivity index (χ4v) is 1.30. The van der Waals surface area contributed by atoms with E-state index in [0.29, 0.717) is 0 Å². The van der Waals surface area contributed by atoms with Crippen molar-refractivity contribution in [3.05, 3.63) is 58.3 Å². The Hall–Kier alpha value is -1.82. The Morgan fingerprint density at radius 3 is 1.43 bits per heavy atom. The van der Waals surface area contributed by atoms with Crippen LogP contribution in [0.25, 0.3) is 25.3 Å². The second-order valence-electron chi connectivity index (χ2n) is 3.01. The second-order valence-corrected chi connectivity index (χ2v) is 3.01. The zero-order valence-corrected chi connectivity index (χ0v) is 8.29. The Kier molecular flexibility index (Phi) is 3.24. The van der Waals surface area contributed by atoms with Gasteiger partial charge in [0.25, 0.3) is 0 Å². The summed E-state index contributed by atoms with van der Waals surface area (Å²) in [6, 6.07) is 4.02. The monoisotopic (exact) mass is 182 g/mol.